The van der Waals surface area contributed by atoms with Crippen LogP contribution >= 0.6 is 0 Å². The molecule has 0 radical (unpaired) electrons. The second-order valence-electron chi connectivity index (χ2n) is 15.1. The molecule has 0 saturated carbocycles. The van der Waals surface area contributed by atoms with Crippen molar-refractivity contribution in [1.82, 2.24) is 40.4 Å². The van der Waals surface area contributed by atoms with Gasteiger partial charge in [-0.25, -0.2) is 19.7 Å². The maximum atomic E-state index is 13.8. The molecule has 9 rings (SSSR count). The van der Waals surface area contributed by atoms with E-state index in [2.05, 4.69) is 72.4 Å². The van der Waals surface area contributed by atoms with E-state index in [9.17, 15) is 14.4 Å². The Balaban J connectivity index is 0.000000515. The van der Waals surface area contributed by atoms with Crippen molar-refractivity contribution in [1.29, 1.82) is 0 Å². The van der Waals surface area contributed by atoms with Gasteiger partial charge in [-0.1, -0.05) is 98.8 Å². The number of alkyl carbamates (subject to hydrolysis) is 1. The van der Waals surface area contributed by atoms with Gasteiger partial charge in [0.15, 0.2) is 11.6 Å². The number of ether oxygens (including phenoxy) is 2. The fraction of sp³-hybridized carbons (Fsp3) is 0.327. The van der Waals surface area contributed by atoms with Crippen LogP contribution in [0.1, 0.15) is 80.3 Å². The molecule has 65 heavy (non-hydrogen) atoms. The molecule has 2 fully saturated rings. The minimum Gasteiger partial charge on any atom is -0.453 e. The van der Waals surface area contributed by atoms with Crippen LogP contribution in [0.15, 0.2) is 109 Å². The molecule has 16 heteroatoms. The maximum absolute atomic E-state index is 13.8. The third-order valence-corrected chi connectivity index (χ3v) is 11.2. The minimum atomic E-state index is -0.674. The molecule has 5 N–H and O–H groups in total. The van der Waals surface area contributed by atoms with Gasteiger partial charge >= 0.3 is 6.09 Å². The fourth-order valence-corrected chi connectivity index (χ4v) is 8.06. The number of rotatable bonds is 11. The van der Waals surface area contributed by atoms with Crippen molar-refractivity contribution in [2.24, 2.45) is 0 Å². The molecule has 3 aromatic carbocycles. The van der Waals surface area contributed by atoms with E-state index in [1.54, 1.807) is 12.0 Å². The van der Waals surface area contributed by atoms with Crippen LogP contribution in [-0.4, -0.2) is 102 Å². The molecule has 3 aliphatic rings. The first-order valence-electron chi connectivity index (χ1n) is 21.9. The molecule has 2 saturated heterocycles. The molecule has 6 heterocycles. The van der Waals surface area contributed by atoms with Crippen LogP contribution < -0.4 is 21.3 Å². The molecule has 348 valence electrons. The van der Waals surface area contributed by atoms with Crippen LogP contribution in [0.3, 0.4) is 0 Å². The van der Waals surface area contributed by atoms with E-state index in [1.807, 2.05) is 98.6 Å². The van der Waals surface area contributed by atoms with E-state index in [-0.39, 0.29) is 30.3 Å². The van der Waals surface area contributed by atoms with Crippen molar-refractivity contribution >= 4 is 47.2 Å². The lowest BCUT2D eigenvalue weighted by Gasteiger charge is -2.28. The van der Waals surface area contributed by atoms with Gasteiger partial charge in [0.1, 0.15) is 24.5 Å². The zero-order valence-corrected chi connectivity index (χ0v) is 37.4. The predicted octanol–water partition coefficient (Wildman–Crippen LogP) is 8.61. The molecule has 0 spiro atoms. The summed E-state index contributed by atoms with van der Waals surface area (Å²) in [6.45, 7) is 9.15. The smallest absolute Gasteiger partial charge is 0.407 e. The van der Waals surface area contributed by atoms with E-state index in [1.165, 1.54) is 7.11 Å². The normalized spacial score (nSPS) is 15.6. The van der Waals surface area contributed by atoms with Gasteiger partial charge in [-0.3, -0.25) is 14.9 Å². The van der Waals surface area contributed by atoms with Crippen LogP contribution in [0.25, 0.3) is 33.4 Å². The van der Waals surface area contributed by atoms with Crippen molar-refractivity contribution in [2.45, 2.75) is 57.7 Å². The highest BCUT2D eigenvalue weighted by Crippen LogP contribution is 2.35. The predicted molar refractivity (Wildman–Crippen MR) is 260 cm³/mol. The molecule has 16 nitrogen and oxygen atoms in total. The summed E-state index contributed by atoms with van der Waals surface area (Å²) in [5, 5.41) is 13.3. The van der Waals surface area contributed by atoms with Crippen LogP contribution in [0.4, 0.5) is 16.3 Å². The Hall–Kier alpha value is -7.17. The number of methoxy groups -OCH3 is 2. The lowest BCUT2D eigenvalue weighted by molar-refractivity contribution is -0.135. The third kappa shape index (κ3) is 11.5. The zero-order valence-electron chi connectivity index (χ0n) is 37.4. The SMILES string of the molecule is C=O.CC.COC(=O)N[C@@H](C(=O)N1CCCC1)c1ccccc1.COCN[C@@H](C(=O)N1CCCC1c1ncc2cc(-c3ccc(-c4cnc5c(c4)NCN5)cc3)[nH]c2n1)c1ccccc1.[HH].[HH].[HH].[HH]. The third-order valence-electron chi connectivity index (χ3n) is 11.2. The summed E-state index contributed by atoms with van der Waals surface area (Å²) in [5.74, 6) is 1.47. The van der Waals surface area contributed by atoms with Crippen molar-refractivity contribution < 1.29 is 34.4 Å². The number of likely N-dealkylation sites (tertiary alicyclic amines) is 2. The molecule has 3 aromatic heterocycles. The Kier molecular flexibility index (Phi) is 17.1. The van der Waals surface area contributed by atoms with Gasteiger partial charge in [-0.15, -0.1) is 0 Å². The topological polar surface area (TPSA) is 196 Å². The quantitative estimate of drug-likeness (QED) is 0.0779. The van der Waals surface area contributed by atoms with E-state index < -0.39 is 18.2 Å². The number of H-pyrrole nitrogens is 1. The minimum absolute atomic E-state index is 0. The van der Waals surface area contributed by atoms with Gasteiger partial charge in [-0.2, -0.15) is 0 Å². The summed E-state index contributed by atoms with van der Waals surface area (Å²) in [6, 6.07) is 30.2. The van der Waals surface area contributed by atoms with Crippen LogP contribution in [0.2, 0.25) is 0 Å². The summed E-state index contributed by atoms with van der Waals surface area (Å²) in [7, 11) is 2.90. The number of anilines is 2. The zero-order chi connectivity index (χ0) is 46.1. The van der Waals surface area contributed by atoms with Gasteiger partial charge in [-0.05, 0) is 60.1 Å². The summed E-state index contributed by atoms with van der Waals surface area (Å²) in [4.78, 5) is 67.0. The average Bonchev–Trinajstić information content (AvgIpc) is 4.23. The van der Waals surface area contributed by atoms with Gasteiger partial charge < -0.3 is 45.0 Å². The molecule has 0 bridgehead atoms. The van der Waals surface area contributed by atoms with Crippen LogP contribution in [-0.2, 0) is 23.9 Å². The number of pyridine rings is 1. The van der Waals surface area contributed by atoms with Gasteiger partial charge in [0, 0.05) is 61.5 Å². The molecule has 0 aliphatic carbocycles. The Morgan fingerprint density at radius 3 is 2.11 bits per heavy atom. The second-order valence-corrected chi connectivity index (χ2v) is 15.1. The standard InChI is InChI=1S/C32H32N8O2.C14H18N2O3.C2H6.CH2O.4H2/c1-42-19-37-28(22-6-3-2-4-7-22)32(41)40-13-5-8-27(40)31-34-17-24-15-25(38-29(24)39-31)21-11-9-20(10-12-21)23-14-26-30(33-16-23)36-18-35-26;1-19-14(18)15-12(11-7-3-2-4-8-11)13(17)16-9-5-6-10-16;2*1-2;;;;/h2-4,6-7,9-12,14-17,27-28,35,37H,5,8,13,18-19H2,1H3,(H,33,36)(H,34,38,39);2-4,7-8,12H,5-6,9-10H2,1H3,(H,15,18);1-2H3;1H2;4*1H/t27?,28-;12-;;;;;;/m11....../s1. The number of benzene rings is 3. The van der Waals surface area contributed by atoms with Crippen molar-refractivity contribution in [2.75, 3.05) is 57.9 Å². The largest absolute Gasteiger partial charge is 0.453 e. The highest BCUT2D eigenvalue weighted by molar-refractivity contribution is 5.87. The van der Waals surface area contributed by atoms with Crippen molar-refractivity contribution in [3.63, 3.8) is 0 Å². The van der Waals surface area contributed by atoms with E-state index in [0.29, 0.717) is 19.0 Å². The lowest BCUT2D eigenvalue weighted by atomic mass is 10.0. The van der Waals surface area contributed by atoms with E-state index in [0.717, 1.165) is 94.8 Å². The molecule has 3 amide bonds. The number of nitrogens with one attached hydrogen (secondary N) is 5. The monoisotopic (exact) mass is 891 g/mol. The number of nitrogens with zero attached hydrogens (tertiary/aromatic N) is 5. The summed E-state index contributed by atoms with van der Waals surface area (Å²) in [5.41, 5.74) is 7.63. The number of carbonyl (C=O) groups is 4. The Bertz CT molecular complexity index is 2490. The highest BCUT2D eigenvalue weighted by Gasteiger charge is 2.36. The first-order valence-corrected chi connectivity index (χ1v) is 21.9. The van der Waals surface area contributed by atoms with Gasteiger partial charge in [0.2, 0.25) is 11.8 Å². The number of fused-ring (bicyclic) bond motifs is 2. The number of hydrogen-bond donors (Lipinski definition) is 5. The highest BCUT2D eigenvalue weighted by atomic mass is 16.5. The molecular weight excluding hydrogens is 825 g/mol. The molecule has 6 aromatic rings. The van der Waals surface area contributed by atoms with Crippen molar-refractivity contribution in [3.05, 3.63) is 126 Å². The number of aromatic nitrogens is 4. The summed E-state index contributed by atoms with van der Waals surface area (Å²) < 4.78 is 9.83. The van der Waals surface area contributed by atoms with Gasteiger partial charge in [0.05, 0.1) is 32.2 Å². The fourth-order valence-electron chi connectivity index (χ4n) is 8.06. The molecular formula is C49H66N10O6. The molecule has 3 aliphatic heterocycles. The summed E-state index contributed by atoms with van der Waals surface area (Å²) >= 11 is 0. The number of amides is 3. The average molecular weight is 891 g/mol. The number of carbonyl (C=O) groups excluding carboxylic acids is 4. The second kappa shape index (κ2) is 23.5. The molecule has 3 atom stereocenters. The number of hydrogen-bond acceptors (Lipinski definition) is 12. The first kappa shape index (κ1) is 47.3. The van der Waals surface area contributed by atoms with Crippen molar-refractivity contribution in [3.8, 4) is 22.4 Å². The number of aromatic amines is 1. The van der Waals surface area contributed by atoms with Crippen LogP contribution in [0.5, 0.6) is 0 Å². The first-order chi connectivity index (χ1) is 31.9. The Morgan fingerprint density at radius 1 is 0.785 bits per heavy atom. The van der Waals surface area contributed by atoms with E-state index in [4.69, 9.17) is 19.5 Å². The Labute approximate surface area is 385 Å². The van der Waals surface area contributed by atoms with Gasteiger partial charge in [0.25, 0.3) is 0 Å². The maximum Gasteiger partial charge on any atom is 0.407 e. The van der Waals surface area contributed by atoms with Crippen LogP contribution in [0, 0.1) is 0 Å². The lowest BCUT2D eigenvalue weighted by Crippen LogP contribution is -2.41. The van der Waals surface area contributed by atoms with E-state index >= 15 is 0 Å². The molecule has 1 unspecified atom stereocenters. The Morgan fingerprint density at radius 2 is 1.45 bits per heavy atom. The summed E-state index contributed by atoms with van der Waals surface area (Å²) in [6.07, 6.45) is 6.90.